The Labute approximate surface area is 145 Å². The van der Waals surface area contributed by atoms with Gasteiger partial charge in [0.2, 0.25) is 5.91 Å². The first kappa shape index (κ1) is 15.8. The van der Waals surface area contributed by atoms with Crippen molar-refractivity contribution in [3.63, 3.8) is 0 Å². The van der Waals surface area contributed by atoms with Crippen molar-refractivity contribution in [1.29, 1.82) is 0 Å². The van der Waals surface area contributed by atoms with Gasteiger partial charge in [-0.05, 0) is 38.1 Å². The zero-order chi connectivity index (χ0) is 17.6. The van der Waals surface area contributed by atoms with Crippen molar-refractivity contribution in [3.8, 4) is 0 Å². The van der Waals surface area contributed by atoms with Crippen LogP contribution in [0.3, 0.4) is 0 Å². The van der Waals surface area contributed by atoms with Gasteiger partial charge in [0, 0.05) is 24.9 Å². The van der Waals surface area contributed by atoms with E-state index in [1.807, 2.05) is 18.2 Å². The Bertz CT molecular complexity index is 947. The molecular formula is C20H20FN3O. The smallest absolute Gasteiger partial charge is 0.227 e. The molecule has 0 unspecified atom stereocenters. The van der Waals surface area contributed by atoms with E-state index in [1.165, 1.54) is 6.07 Å². The molecule has 5 heteroatoms. The average Bonchev–Trinajstić information content (AvgIpc) is 3.16. The first-order chi connectivity index (χ1) is 12.1. The standard InChI is InChI=1S/C20H20FN3O/c1-13(2)24-18-10-6-4-8-16(18)22-20(24)14-11-19(25)23(12-14)17-9-5-3-7-15(17)21/h3-10,13-14H,11-12H2,1-2H3/t14-/m0/s1. The second-order valence-electron chi connectivity index (χ2n) is 6.78. The molecule has 1 aliphatic heterocycles. The lowest BCUT2D eigenvalue weighted by Crippen LogP contribution is -2.25. The van der Waals surface area contributed by atoms with Gasteiger partial charge in [-0.3, -0.25) is 4.79 Å². The fourth-order valence-electron chi connectivity index (χ4n) is 3.68. The number of rotatable bonds is 3. The van der Waals surface area contributed by atoms with Gasteiger partial charge in [-0.1, -0.05) is 24.3 Å². The Balaban J connectivity index is 1.75. The summed E-state index contributed by atoms with van der Waals surface area (Å²) in [5.41, 5.74) is 2.36. The normalized spacial score (nSPS) is 17.8. The topological polar surface area (TPSA) is 38.1 Å². The van der Waals surface area contributed by atoms with Crippen molar-refractivity contribution in [2.24, 2.45) is 0 Å². The zero-order valence-corrected chi connectivity index (χ0v) is 14.3. The summed E-state index contributed by atoms with van der Waals surface area (Å²) in [5.74, 6) is 0.441. The molecule has 128 valence electrons. The molecule has 0 saturated carbocycles. The number of carbonyl (C=O) groups excluding carboxylic acids is 1. The number of halogens is 1. The van der Waals surface area contributed by atoms with Crippen LogP contribution in [0.15, 0.2) is 48.5 Å². The highest BCUT2D eigenvalue weighted by atomic mass is 19.1. The predicted molar refractivity (Wildman–Crippen MR) is 96.2 cm³/mol. The minimum absolute atomic E-state index is 0.0399. The van der Waals surface area contributed by atoms with Gasteiger partial charge in [-0.2, -0.15) is 0 Å². The first-order valence-electron chi connectivity index (χ1n) is 8.58. The lowest BCUT2D eigenvalue weighted by molar-refractivity contribution is -0.117. The van der Waals surface area contributed by atoms with Crippen LogP contribution in [-0.2, 0) is 4.79 Å². The molecule has 25 heavy (non-hydrogen) atoms. The molecule has 0 aliphatic carbocycles. The highest BCUT2D eigenvalue weighted by Gasteiger charge is 2.36. The Kier molecular flexibility index (Phi) is 3.79. The van der Waals surface area contributed by atoms with Gasteiger partial charge in [0.1, 0.15) is 11.6 Å². The summed E-state index contributed by atoms with van der Waals surface area (Å²) in [5, 5.41) is 0. The average molecular weight is 337 g/mol. The van der Waals surface area contributed by atoms with E-state index in [9.17, 15) is 9.18 Å². The second kappa shape index (κ2) is 5.99. The number of benzene rings is 2. The highest BCUT2D eigenvalue weighted by molar-refractivity contribution is 5.96. The van der Waals surface area contributed by atoms with E-state index in [2.05, 4.69) is 24.5 Å². The summed E-state index contributed by atoms with van der Waals surface area (Å²) in [6, 6.07) is 14.7. The summed E-state index contributed by atoms with van der Waals surface area (Å²) in [4.78, 5) is 18.9. The van der Waals surface area contributed by atoms with Crippen molar-refractivity contribution in [2.75, 3.05) is 11.4 Å². The molecule has 1 fully saturated rings. The number of carbonyl (C=O) groups is 1. The molecule has 0 radical (unpaired) electrons. The van der Waals surface area contributed by atoms with Crippen LogP contribution in [-0.4, -0.2) is 22.0 Å². The van der Waals surface area contributed by atoms with Crippen molar-refractivity contribution in [2.45, 2.75) is 32.2 Å². The quantitative estimate of drug-likeness (QED) is 0.715. The van der Waals surface area contributed by atoms with Crippen LogP contribution in [0.4, 0.5) is 10.1 Å². The van der Waals surface area contributed by atoms with Crippen LogP contribution in [0.2, 0.25) is 0 Å². The third-order valence-corrected chi connectivity index (χ3v) is 4.77. The largest absolute Gasteiger partial charge is 0.325 e. The molecule has 2 aromatic carbocycles. The number of anilines is 1. The number of fused-ring (bicyclic) bond motifs is 1. The Hall–Kier alpha value is -2.69. The van der Waals surface area contributed by atoms with E-state index in [1.54, 1.807) is 23.1 Å². The number of hydrogen-bond donors (Lipinski definition) is 0. The summed E-state index contributed by atoms with van der Waals surface area (Å²) in [7, 11) is 0. The fraction of sp³-hybridized carbons (Fsp3) is 0.300. The van der Waals surface area contributed by atoms with Gasteiger partial charge in [0.25, 0.3) is 0 Å². The summed E-state index contributed by atoms with van der Waals surface area (Å²) in [6.07, 6.45) is 0.352. The van der Waals surface area contributed by atoms with Gasteiger partial charge in [-0.25, -0.2) is 9.37 Å². The Morgan fingerprint density at radius 1 is 1.12 bits per heavy atom. The molecule has 1 aliphatic rings. The number of nitrogens with zero attached hydrogens (tertiary/aromatic N) is 3. The van der Waals surface area contributed by atoms with Gasteiger partial charge < -0.3 is 9.47 Å². The molecule has 0 N–H and O–H groups in total. The number of para-hydroxylation sites is 3. The molecule has 1 saturated heterocycles. The van der Waals surface area contributed by atoms with Crippen molar-refractivity contribution in [3.05, 3.63) is 60.2 Å². The van der Waals surface area contributed by atoms with Gasteiger partial charge >= 0.3 is 0 Å². The molecule has 1 amide bonds. The maximum absolute atomic E-state index is 14.1. The van der Waals surface area contributed by atoms with Gasteiger partial charge in [0.15, 0.2) is 0 Å². The van der Waals surface area contributed by atoms with Gasteiger partial charge in [0.05, 0.1) is 16.7 Å². The molecular weight excluding hydrogens is 317 g/mol. The third kappa shape index (κ3) is 2.60. The molecule has 2 heterocycles. The van der Waals surface area contributed by atoms with E-state index >= 15 is 0 Å². The minimum Gasteiger partial charge on any atom is -0.325 e. The van der Waals surface area contributed by atoms with E-state index < -0.39 is 0 Å². The first-order valence-corrected chi connectivity index (χ1v) is 8.58. The van der Waals surface area contributed by atoms with E-state index in [0.717, 1.165) is 16.9 Å². The minimum atomic E-state index is -0.367. The molecule has 4 rings (SSSR count). The van der Waals surface area contributed by atoms with Crippen LogP contribution in [0, 0.1) is 5.82 Å². The van der Waals surface area contributed by atoms with Crippen LogP contribution in [0.1, 0.15) is 38.1 Å². The fourth-order valence-corrected chi connectivity index (χ4v) is 3.68. The van der Waals surface area contributed by atoms with Crippen LogP contribution >= 0.6 is 0 Å². The number of amides is 1. The van der Waals surface area contributed by atoms with E-state index in [-0.39, 0.29) is 23.7 Å². The lowest BCUT2D eigenvalue weighted by Gasteiger charge is -2.19. The van der Waals surface area contributed by atoms with Gasteiger partial charge in [-0.15, -0.1) is 0 Å². The van der Waals surface area contributed by atoms with Crippen molar-refractivity contribution >= 4 is 22.6 Å². The zero-order valence-electron chi connectivity index (χ0n) is 14.3. The van der Waals surface area contributed by atoms with Crippen molar-refractivity contribution in [1.82, 2.24) is 9.55 Å². The SMILES string of the molecule is CC(C)n1c([C@H]2CC(=O)N(c3ccccc3F)C2)nc2ccccc21. The highest BCUT2D eigenvalue weighted by Crippen LogP contribution is 2.35. The maximum Gasteiger partial charge on any atom is 0.227 e. The summed E-state index contributed by atoms with van der Waals surface area (Å²) < 4.78 is 16.3. The number of imidazole rings is 1. The monoisotopic (exact) mass is 337 g/mol. The Morgan fingerprint density at radius 3 is 2.60 bits per heavy atom. The second-order valence-corrected chi connectivity index (χ2v) is 6.78. The number of aromatic nitrogens is 2. The predicted octanol–water partition coefficient (Wildman–Crippen LogP) is 4.28. The van der Waals surface area contributed by atoms with Crippen LogP contribution in [0.5, 0.6) is 0 Å². The van der Waals surface area contributed by atoms with Crippen LogP contribution < -0.4 is 4.90 Å². The molecule has 1 aromatic heterocycles. The maximum atomic E-state index is 14.1. The van der Waals surface area contributed by atoms with Crippen molar-refractivity contribution < 1.29 is 9.18 Å². The summed E-state index contributed by atoms with van der Waals surface area (Å²) >= 11 is 0. The number of hydrogen-bond acceptors (Lipinski definition) is 2. The summed E-state index contributed by atoms with van der Waals surface area (Å²) in [6.45, 7) is 4.68. The molecule has 0 bridgehead atoms. The molecule has 4 nitrogen and oxygen atoms in total. The third-order valence-electron chi connectivity index (χ3n) is 4.77. The molecule has 0 spiro atoms. The molecule has 1 atom stereocenters. The van der Waals surface area contributed by atoms with E-state index in [0.29, 0.717) is 18.7 Å². The lowest BCUT2D eigenvalue weighted by atomic mass is 10.1. The van der Waals surface area contributed by atoms with Crippen LogP contribution in [0.25, 0.3) is 11.0 Å². The Morgan fingerprint density at radius 2 is 1.84 bits per heavy atom. The molecule has 3 aromatic rings. The van der Waals surface area contributed by atoms with E-state index in [4.69, 9.17) is 4.98 Å².